The highest BCUT2D eigenvalue weighted by atomic mass is 31.1. The molecule has 3 heteroatoms. The molecule has 1 atom stereocenters. The van der Waals surface area contributed by atoms with Crippen LogP contribution in [0.5, 0.6) is 5.75 Å². The van der Waals surface area contributed by atoms with Gasteiger partial charge in [-0.25, -0.2) is 0 Å². The van der Waals surface area contributed by atoms with Crippen LogP contribution in [-0.2, 0) is 0 Å². The van der Waals surface area contributed by atoms with Gasteiger partial charge in [0.05, 0.1) is 18.1 Å². The van der Waals surface area contributed by atoms with E-state index in [0.717, 1.165) is 11.2 Å². The SMILES string of the molecule is COc1ccccc1PC(=NC(C)(C)C)c1ccccc1. The fraction of sp³-hybridized carbons (Fsp3) is 0.278. The van der Waals surface area contributed by atoms with Crippen LogP contribution in [0.15, 0.2) is 59.6 Å². The summed E-state index contributed by atoms with van der Waals surface area (Å²) < 4.78 is 5.46. The maximum Gasteiger partial charge on any atom is 0.126 e. The molecule has 21 heavy (non-hydrogen) atoms. The van der Waals surface area contributed by atoms with Crippen molar-refractivity contribution in [3.63, 3.8) is 0 Å². The monoisotopic (exact) mass is 299 g/mol. The molecule has 0 N–H and O–H groups in total. The number of rotatable bonds is 4. The molecular weight excluding hydrogens is 277 g/mol. The Morgan fingerprint density at radius 1 is 0.952 bits per heavy atom. The van der Waals surface area contributed by atoms with Crippen LogP contribution in [-0.4, -0.2) is 18.1 Å². The third-order valence-corrected chi connectivity index (χ3v) is 4.17. The van der Waals surface area contributed by atoms with Crippen LogP contribution in [0.4, 0.5) is 0 Å². The van der Waals surface area contributed by atoms with E-state index < -0.39 is 0 Å². The third-order valence-electron chi connectivity index (χ3n) is 2.85. The first kappa shape index (κ1) is 15.7. The zero-order chi connectivity index (χ0) is 15.3. The second kappa shape index (κ2) is 6.87. The van der Waals surface area contributed by atoms with Gasteiger partial charge < -0.3 is 4.74 Å². The zero-order valence-electron chi connectivity index (χ0n) is 13.1. The number of hydrogen-bond donors (Lipinski definition) is 0. The smallest absolute Gasteiger partial charge is 0.126 e. The van der Waals surface area contributed by atoms with Crippen molar-refractivity contribution < 1.29 is 4.74 Å². The molecule has 0 bridgehead atoms. The van der Waals surface area contributed by atoms with Crippen LogP contribution in [0.1, 0.15) is 26.3 Å². The number of methoxy groups -OCH3 is 1. The van der Waals surface area contributed by atoms with E-state index in [-0.39, 0.29) is 5.54 Å². The first-order valence-electron chi connectivity index (χ1n) is 7.05. The van der Waals surface area contributed by atoms with Crippen LogP contribution in [0.2, 0.25) is 0 Å². The molecule has 2 rings (SSSR count). The van der Waals surface area contributed by atoms with Crippen molar-refractivity contribution in [2.45, 2.75) is 26.3 Å². The average molecular weight is 299 g/mol. The van der Waals surface area contributed by atoms with Gasteiger partial charge >= 0.3 is 0 Å². The van der Waals surface area contributed by atoms with E-state index in [2.05, 4.69) is 51.1 Å². The van der Waals surface area contributed by atoms with E-state index >= 15 is 0 Å². The van der Waals surface area contributed by atoms with Crippen LogP contribution >= 0.6 is 8.58 Å². The van der Waals surface area contributed by atoms with E-state index in [9.17, 15) is 0 Å². The Balaban J connectivity index is 2.40. The minimum absolute atomic E-state index is 0.0970. The Morgan fingerprint density at radius 3 is 2.19 bits per heavy atom. The molecule has 0 aliphatic rings. The summed E-state index contributed by atoms with van der Waals surface area (Å²) in [6.45, 7) is 6.38. The molecule has 0 amide bonds. The van der Waals surface area contributed by atoms with Gasteiger partial charge in [0, 0.05) is 10.9 Å². The lowest BCUT2D eigenvalue weighted by Crippen LogP contribution is -2.14. The fourth-order valence-electron chi connectivity index (χ4n) is 1.97. The van der Waals surface area contributed by atoms with Gasteiger partial charge in [-0.3, -0.25) is 4.99 Å². The van der Waals surface area contributed by atoms with Crippen LogP contribution in [0.25, 0.3) is 0 Å². The van der Waals surface area contributed by atoms with Crippen molar-refractivity contribution in [1.29, 1.82) is 0 Å². The van der Waals surface area contributed by atoms with Crippen molar-refractivity contribution in [3.8, 4) is 5.75 Å². The van der Waals surface area contributed by atoms with Gasteiger partial charge in [0.25, 0.3) is 0 Å². The highest BCUT2D eigenvalue weighted by molar-refractivity contribution is 7.66. The molecule has 0 aliphatic heterocycles. The Kier molecular flexibility index (Phi) is 5.14. The normalized spacial score (nSPS) is 12.9. The molecule has 0 spiro atoms. The van der Waals surface area contributed by atoms with Gasteiger partial charge in [-0.15, -0.1) is 0 Å². The second-order valence-electron chi connectivity index (χ2n) is 5.82. The number of aliphatic imine (C=N–C) groups is 1. The quantitative estimate of drug-likeness (QED) is 0.611. The number of para-hydroxylation sites is 1. The van der Waals surface area contributed by atoms with Crippen LogP contribution in [0, 0.1) is 0 Å². The largest absolute Gasteiger partial charge is 0.496 e. The Hall–Kier alpha value is -1.66. The number of benzene rings is 2. The summed E-state index contributed by atoms with van der Waals surface area (Å²) in [6, 6.07) is 18.5. The third kappa shape index (κ3) is 4.68. The fourth-order valence-corrected chi connectivity index (χ4v) is 3.42. The van der Waals surface area contributed by atoms with E-state index in [1.807, 2.05) is 24.3 Å². The lowest BCUT2D eigenvalue weighted by molar-refractivity contribution is 0.418. The summed E-state index contributed by atoms with van der Waals surface area (Å²) in [5.41, 5.74) is 2.20. The first-order valence-corrected chi connectivity index (χ1v) is 8.05. The number of nitrogens with zero attached hydrogens (tertiary/aromatic N) is 1. The van der Waals surface area contributed by atoms with Gasteiger partial charge in [-0.1, -0.05) is 48.5 Å². The molecule has 0 heterocycles. The summed E-state index contributed by atoms with van der Waals surface area (Å²) in [7, 11) is 2.19. The summed E-state index contributed by atoms with van der Waals surface area (Å²) in [5, 5.41) is 1.19. The number of ether oxygens (including phenoxy) is 1. The molecule has 0 aliphatic carbocycles. The molecule has 0 saturated heterocycles. The molecule has 0 fully saturated rings. The van der Waals surface area contributed by atoms with E-state index in [4.69, 9.17) is 9.73 Å². The van der Waals surface area contributed by atoms with Crippen molar-refractivity contribution >= 4 is 19.3 Å². The molecular formula is C18H22NOP. The molecule has 2 nitrogen and oxygen atoms in total. The van der Waals surface area contributed by atoms with Crippen molar-refractivity contribution in [2.75, 3.05) is 7.11 Å². The predicted molar refractivity (Wildman–Crippen MR) is 93.7 cm³/mol. The van der Waals surface area contributed by atoms with E-state index in [1.54, 1.807) is 7.11 Å². The van der Waals surface area contributed by atoms with Gasteiger partial charge in [0.2, 0.25) is 0 Å². The topological polar surface area (TPSA) is 21.6 Å². The van der Waals surface area contributed by atoms with E-state index in [1.165, 1.54) is 10.9 Å². The minimum atomic E-state index is -0.0970. The van der Waals surface area contributed by atoms with Crippen LogP contribution < -0.4 is 10.0 Å². The molecule has 110 valence electrons. The summed E-state index contributed by atoms with van der Waals surface area (Å²) in [5.74, 6) is 0.924. The summed E-state index contributed by atoms with van der Waals surface area (Å²) in [4.78, 5) is 4.92. The Bertz CT molecular complexity index is 615. The van der Waals surface area contributed by atoms with Crippen LogP contribution in [0.3, 0.4) is 0 Å². The van der Waals surface area contributed by atoms with Crippen molar-refractivity contribution in [2.24, 2.45) is 4.99 Å². The molecule has 1 unspecified atom stereocenters. The summed E-state index contributed by atoms with van der Waals surface area (Å²) >= 11 is 0. The zero-order valence-corrected chi connectivity index (χ0v) is 14.1. The lowest BCUT2D eigenvalue weighted by atomic mass is 10.1. The van der Waals surface area contributed by atoms with Gasteiger partial charge in [0.15, 0.2) is 0 Å². The highest BCUT2D eigenvalue weighted by Gasteiger charge is 2.14. The highest BCUT2D eigenvalue weighted by Crippen LogP contribution is 2.27. The molecule has 2 aromatic carbocycles. The Labute approximate surface area is 129 Å². The first-order chi connectivity index (χ1) is 9.99. The van der Waals surface area contributed by atoms with Gasteiger partial charge in [-0.05, 0) is 35.4 Å². The lowest BCUT2D eigenvalue weighted by Gasteiger charge is -2.17. The van der Waals surface area contributed by atoms with E-state index in [0.29, 0.717) is 8.58 Å². The second-order valence-corrected chi connectivity index (χ2v) is 7.08. The van der Waals surface area contributed by atoms with Crippen molar-refractivity contribution in [1.82, 2.24) is 0 Å². The summed E-state index contributed by atoms with van der Waals surface area (Å²) in [6.07, 6.45) is 0. The molecule has 0 aromatic heterocycles. The standard InChI is InChI=1S/C18H22NOP/c1-18(2,3)19-17(14-10-6-5-7-11-14)21-16-13-9-8-12-15(16)20-4/h5-13,21H,1-4H3. The molecule has 0 radical (unpaired) electrons. The van der Waals surface area contributed by atoms with Gasteiger partial charge in [-0.2, -0.15) is 0 Å². The minimum Gasteiger partial charge on any atom is -0.496 e. The van der Waals surface area contributed by atoms with Gasteiger partial charge in [0.1, 0.15) is 5.75 Å². The predicted octanol–water partition coefficient (Wildman–Crippen LogP) is 4.24. The maximum absolute atomic E-state index is 5.46. The number of hydrogen-bond acceptors (Lipinski definition) is 2. The van der Waals surface area contributed by atoms with Crippen molar-refractivity contribution in [3.05, 3.63) is 60.2 Å². The maximum atomic E-state index is 5.46. The molecule has 2 aromatic rings. The molecule has 0 saturated carbocycles. The average Bonchev–Trinajstić information content (AvgIpc) is 2.47. The Morgan fingerprint density at radius 2 is 1.57 bits per heavy atom.